The molecule has 1 saturated heterocycles. The van der Waals surface area contributed by atoms with E-state index in [4.69, 9.17) is 14.5 Å². The molecule has 0 spiro atoms. The summed E-state index contributed by atoms with van der Waals surface area (Å²) < 4.78 is 14.1. The third kappa shape index (κ3) is 5.99. The molecule has 184 valence electrons. The number of carbonyl (C=O) groups is 1. The fourth-order valence-corrected chi connectivity index (χ4v) is 4.40. The fraction of sp³-hybridized carbons (Fsp3) is 0.360. The molecule has 0 aliphatic carbocycles. The first-order chi connectivity index (χ1) is 16.6. The second-order valence-corrected chi connectivity index (χ2v) is 11.0. The zero-order valence-electron chi connectivity index (χ0n) is 19.8. The van der Waals surface area contributed by atoms with Gasteiger partial charge in [0.2, 0.25) is 0 Å². The minimum absolute atomic E-state index is 0.0960. The Morgan fingerprint density at radius 1 is 1.14 bits per heavy atom. The average Bonchev–Trinajstić information content (AvgIpc) is 2.82. The van der Waals surface area contributed by atoms with Crippen LogP contribution in [0.4, 0.5) is 0 Å². The number of fused-ring (bicyclic) bond motifs is 1. The molecule has 2 aromatic carbocycles. The molecule has 1 aromatic heterocycles. The Balaban J connectivity index is 1.68. The van der Waals surface area contributed by atoms with Gasteiger partial charge in [-0.3, -0.25) is 9.59 Å². The Morgan fingerprint density at radius 2 is 1.83 bits per heavy atom. The van der Waals surface area contributed by atoms with Gasteiger partial charge in [0.15, 0.2) is 6.61 Å². The van der Waals surface area contributed by atoms with Crippen molar-refractivity contribution >= 4 is 54.9 Å². The number of hydrogen-bond donors (Lipinski definition) is 0. The standard InChI is InChI=1S/C25H26Br2N4O4/c1-25(2,3)24-29-20-6-4-18(27)13-19(20)23(33)31(24)28-14-16-12-17(26)5-7-21(16)35-15-22(32)30-8-10-34-11-9-30/h4-7,12-14H,8-11,15H2,1-3H3. The highest BCUT2D eigenvalue weighted by molar-refractivity contribution is 9.10. The van der Waals surface area contributed by atoms with E-state index in [1.54, 1.807) is 23.2 Å². The molecule has 0 saturated carbocycles. The molecule has 1 aliphatic rings. The van der Waals surface area contributed by atoms with Crippen molar-refractivity contribution in [2.24, 2.45) is 5.10 Å². The predicted molar refractivity (Wildman–Crippen MR) is 142 cm³/mol. The summed E-state index contributed by atoms with van der Waals surface area (Å²) in [7, 11) is 0. The molecule has 2 heterocycles. The van der Waals surface area contributed by atoms with E-state index in [1.807, 2.05) is 45.0 Å². The van der Waals surface area contributed by atoms with E-state index in [0.29, 0.717) is 54.3 Å². The van der Waals surface area contributed by atoms with E-state index in [2.05, 4.69) is 37.0 Å². The van der Waals surface area contributed by atoms with Crippen LogP contribution in [0.15, 0.2) is 55.2 Å². The van der Waals surface area contributed by atoms with Crippen molar-refractivity contribution in [2.75, 3.05) is 32.9 Å². The number of amides is 1. The molecular formula is C25H26Br2N4O4. The molecular weight excluding hydrogens is 580 g/mol. The summed E-state index contributed by atoms with van der Waals surface area (Å²) >= 11 is 6.90. The Labute approximate surface area is 220 Å². The monoisotopic (exact) mass is 604 g/mol. The lowest BCUT2D eigenvalue weighted by Gasteiger charge is -2.26. The van der Waals surface area contributed by atoms with Crippen molar-refractivity contribution in [1.82, 2.24) is 14.6 Å². The molecule has 3 aromatic rings. The zero-order chi connectivity index (χ0) is 25.2. The lowest BCUT2D eigenvalue weighted by Crippen LogP contribution is -2.43. The normalized spacial score (nSPS) is 14.6. The van der Waals surface area contributed by atoms with Gasteiger partial charge in [0, 0.05) is 33.0 Å². The van der Waals surface area contributed by atoms with Crippen LogP contribution in [0, 0.1) is 0 Å². The molecule has 8 nitrogen and oxygen atoms in total. The zero-order valence-corrected chi connectivity index (χ0v) is 22.9. The number of halogens is 2. The van der Waals surface area contributed by atoms with E-state index < -0.39 is 5.41 Å². The van der Waals surface area contributed by atoms with Gasteiger partial charge in [-0.2, -0.15) is 9.78 Å². The maximum atomic E-state index is 13.4. The summed E-state index contributed by atoms with van der Waals surface area (Å²) in [4.78, 5) is 32.4. The van der Waals surface area contributed by atoms with E-state index in [1.165, 1.54) is 4.68 Å². The van der Waals surface area contributed by atoms with Crippen molar-refractivity contribution in [2.45, 2.75) is 26.2 Å². The van der Waals surface area contributed by atoms with Gasteiger partial charge >= 0.3 is 0 Å². The molecule has 10 heteroatoms. The number of morpholine rings is 1. The Kier molecular flexibility index (Phi) is 7.73. The lowest BCUT2D eigenvalue weighted by molar-refractivity contribution is -0.137. The summed E-state index contributed by atoms with van der Waals surface area (Å²) in [6.45, 7) is 8.03. The van der Waals surface area contributed by atoms with Crippen LogP contribution >= 0.6 is 31.9 Å². The second-order valence-electron chi connectivity index (χ2n) is 9.17. The van der Waals surface area contributed by atoms with Gasteiger partial charge in [-0.25, -0.2) is 4.98 Å². The molecule has 0 radical (unpaired) electrons. The summed E-state index contributed by atoms with van der Waals surface area (Å²) in [6.07, 6.45) is 1.56. The van der Waals surface area contributed by atoms with Gasteiger partial charge in [-0.05, 0) is 36.4 Å². The third-order valence-electron chi connectivity index (χ3n) is 5.48. The summed E-state index contributed by atoms with van der Waals surface area (Å²) in [6, 6.07) is 10.8. The number of carbonyl (C=O) groups excluding carboxylic acids is 1. The number of ether oxygens (including phenoxy) is 2. The highest BCUT2D eigenvalue weighted by atomic mass is 79.9. The predicted octanol–water partition coefficient (Wildman–Crippen LogP) is 4.34. The van der Waals surface area contributed by atoms with Crippen molar-refractivity contribution in [3.8, 4) is 5.75 Å². The van der Waals surface area contributed by atoms with Crippen molar-refractivity contribution in [3.63, 3.8) is 0 Å². The smallest absolute Gasteiger partial charge is 0.282 e. The van der Waals surface area contributed by atoms with Crippen LogP contribution in [-0.4, -0.2) is 59.6 Å². The topological polar surface area (TPSA) is 86.0 Å². The van der Waals surface area contributed by atoms with E-state index >= 15 is 0 Å². The highest BCUT2D eigenvalue weighted by Gasteiger charge is 2.23. The van der Waals surface area contributed by atoms with Crippen molar-refractivity contribution in [3.05, 3.63) is 67.1 Å². The molecule has 1 fully saturated rings. The van der Waals surface area contributed by atoms with Gasteiger partial charge < -0.3 is 14.4 Å². The molecule has 0 bridgehead atoms. The molecule has 4 rings (SSSR count). The summed E-state index contributed by atoms with van der Waals surface area (Å²) in [5, 5.41) is 4.99. The molecule has 0 N–H and O–H groups in total. The molecule has 35 heavy (non-hydrogen) atoms. The van der Waals surface area contributed by atoms with Crippen molar-refractivity contribution < 1.29 is 14.3 Å². The third-order valence-corrected chi connectivity index (χ3v) is 6.46. The van der Waals surface area contributed by atoms with Gasteiger partial charge in [-0.15, -0.1) is 0 Å². The van der Waals surface area contributed by atoms with Crippen LogP contribution in [0.1, 0.15) is 32.2 Å². The second kappa shape index (κ2) is 10.6. The first-order valence-electron chi connectivity index (χ1n) is 11.2. The summed E-state index contributed by atoms with van der Waals surface area (Å²) in [5.41, 5.74) is 0.536. The lowest BCUT2D eigenvalue weighted by atomic mass is 9.95. The van der Waals surface area contributed by atoms with E-state index in [9.17, 15) is 9.59 Å². The largest absolute Gasteiger partial charge is 0.483 e. The maximum absolute atomic E-state index is 13.4. The van der Waals surface area contributed by atoms with Crippen LogP contribution in [0.5, 0.6) is 5.75 Å². The van der Waals surface area contributed by atoms with Gasteiger partial charge in [-0.1, -0.05) is 52.6 Å². The Hall–Kier alpha value is -2.56. The molecule has 1 aliphatic heterocycles. The highest BCUT2D eigenvalue weighted by Crippen LogP contribution is 2.25. The van der Waals surface area contributed by atoms with Crippen molar-refractivity contribution in [1.29, 1.82) is 0 Å². The number of rotatable bonds is 5. The quantitative estimate of drug-likeness (QED) is 0.404. The maximum Gasteiger partial charge on any atom is 0.282 e. The minimum atomic E-state index is -0.432. The first-order valence-corrected chi connectivity index (χ1v) is 12.8. The number of aromatic nitrogens is 2. The minimum Gasteiger partial charge on any atom is -0.483 e. The van der Waals surface area contributed by atoms with Crippen LogP contribution in [0.3, 0.4) is 0 Å². The number of nitrogens with zero attached hydrogens (tertiary/aromatic N) is 4. The van der Waals surface area contributed by atoms with Crippen LogP contribution in [-0.2, 0) is 14.9 Å². The van der Waals surface area contributed by atoms with Crippen LogP contribution in [0.25, 0.3) is 10.9 Å². The van der Waals surface area contributed by atoms with Gasteiger partial charge in [0.25, 0.3) is 11.5 Å². The summed E-state index contributed by atoms with van der Waals surface area (Å²) in [5.74, 6) is 0.920. The van der Waals surface area contributed by atoms with Crippen LogP contribution in [0.2, 0.25) is 0 Å². The Morgan fingerprint density at radius 3 is 2.54 bits per heavy atom. The first kappa shape index (κ1) is 25.5. The number of benzene rings is 2. The molecule has 0 atom stereocenters. The van der Waals surface area contributed by atoms with Gasteiger partial charge in [0.05, 0.1) is 30.3 Å². The molecule has 1 amide bonds. The SMILES string of the molecule is CC(C)(C)c1nc2ccc(Br)cc2c(=O)n1N=Cc1cc(Br)ccc1OCC(=O)N1CCOCC1. The average molecular weight is 606 g/mol. The number of hydrogen-bond acceptors (Lipinski definition) is 6. The molecule has 0 unspecified atom stereocenters. The van der Waals surface area contributed by atoms with E-state index in [-0.39, 0.29) is 18.1 Å². The fourth-order valence-electron chi connectivity index (χ4n) is 3.66. The Bertz CT molecular complexity index is 1340. The van der Waals surface area contributed by atoms with E-state index in [0.717, 1.165) is 8.95 Å². The van der Waals surface area contributed by atoms with Gasteiger partial charge in [0.1, 0.15) is 11.6 Å². The van der Waals surface area contributed by atoms with Crippen LogP contribution < -0.4 is 10.3 Å².